The molecule has 0 radical (unpaired) electrons. The summed E-state index contributed by atoms with van der Waals surface area (Å²) in [5, 5.41) is 8.68. The van der Waals surface area contributed by atoms with Crippen LogP contribution in [0.5, 0.6) is 0 Å². The summed E-state index contributed by atoms with van der Waals surface area (Å²) in [4.78, 5) is 10.6. The largest absolute Gasteiger partial charge is 0.460 e. The van der Waals surface area contributed by atoms with E-state index in [0.717, 1.165) is 0 Å². The molecule has 0 bridgehead atoms. The minimum atomic E-state index is -0.608. The zero-order chi connectivity index (χ0) is 8.15. The third kappa shape index (κ3) is 4.09. The van der Waals surface area contributed by atoms with Crippen molar-refractivity contribution in [2.75, 3.05) is 6.61 Å². The molecule has 3 nitrogen and oxygen atoms in total. The molecule has 0 aromatic heterocycles. The minimum Gasteiger partial charge on any atom is -0.460 e. The molecular weight excluding hydrogens is 132 g/mol. The minimum absolute atomic E-state index is 0.0334. The Morgan fingerprint density at radius 1 is 1.80 bits per heavy atom. The summed E-state index contributed by atoms with van der Waals surface area (Å²) in [5.74, 6) is -0.457. The Balaban J connectivity index is 3.50. The first-order valence-corrected chi connectivity index (χ1v) is 3.04. The quantitative estimate of drug-likeness (QED) is 0.463. The maximum atomic E-state index is 10.6. The van der Waals surface area contributed by atoms with Crippen molar-refractivity contribution in [2.24, 2.45) is 0 Å². The molecule has 0 aliphatic carbocycles. The summed E-state index contributed by atoms with van der Waals surface area (Å²) >= 11 is 0. The second-order valence-electron chi connectivity index (χ2n) is 2.23. The van der Waals surface area contributed by atoms with Crippen molar-refractivity contribution < 1.29 is 14.6 Å². The Morgan fingerprint density at radius 3 is 2.60 bits per heavy atom. The van der Waals surface area contributed by atoms with E-state index in [2.05, 4.69) is 11.3 Å². The van der Waals surface area contributed by atoms with Crippen LogP contribution in [0.4, 0.5) is 0 Å². The summed E-state index contributed by atoms with van der Waals surface area (Å²) < 4.78 is 4.58. The fourth-order valence-corrected chi connectivity index (χ4v) is 0.319. The number of ether oxygens (including phenoxy) is 1. The lowest BCUT2D eigenvalue weighted by molar-refractivity contribution is -0.141. The number of hydrogen-bond donors (Lipinski definition) is 1. The second kappa shape index (κ2) is 4.06. The first kappa shape index (κ1) is 9.17. The van der Waals surface area contributed by atoms with Crippen LogP contribution in [0.1, 0.15) is 13.8 Å². The fourth-order valence-electron chi connectivity index (χ4n) is 0.319. The van der Waals surface area contributed by atoms with E-state index < -0.39 is 12.1 Å². The third-order valence-corrected chi connectivity index (χ3v) is 0.804. The number of aliphatic hydroxyl groups is 1. The van der Waals surface area contributed by atoms with Crippen LogP contribution in [-0.4, -0.2) is 23.8 Å². The lowest BCUT2D eigenvalue weighted by Gasteiger charge is -2.04. The first-order valence-electron chi connectivity index (χ1n) is 3.04. The lowest BCUT2D eigenvalue weighted by atomic mass is 10.3. The standard InChI is InChI=1S/C7H12O3/c1-5(2)7(9)10-4-6(3)8/h6,8H,1,4H2,2-3H3/t6-/m0/s1. The van der Waals surface area contributed by atoms with Crippen molar-refractivity contribution in [1.29, 1.82) is 0 Å². The Bertz CT molecular complexity index is 138. The van der Waals surface area contributed by atoms with Crippen LogP contribution in [0.25, 0.3) is 0 Å². The highest BCUT2D eigenvalue weighted by molar-refractivity contribution is 5.86. The molecule has 1 N–H and O–H groups in total. The van der Waals surface area contributed by atoms with Gasteiger partial charge < -0.3 is 9.84 Å². The molecule has 0 aliphatic rings. The average Bonchev–Trinajstić information content (AvgIpc) is 1.82. The summed E-state index contributed by atoms with van der Waals surface area (Å²) in [7, 11) is 0. The predicted octanol–water partition coefficient (Wildman–Crippen LogP) is 0.486. The van der Waals surface area contributed by atoms with E-state index in [4.69, 9.17) is 5.11 Å². The molecule has 1 atom stereocenters. The molecule has 0 fully saturated rings. The van der Waals surface area contributed by atoms with Crippen molar-refractivity contribution in [2.45, 2.75) is 20.0 Å². The Morgan fingerprint density at radius 2 is 2.30 bits per heavy atom. The van der Waals surface area contributed by atoms with Gasteiger partial charge in [0.05, 0.1) is 6.10 Å². The van der Waals surface area contributed by atoms with E-state index in [1.165, 1.54) is 0 Å². The fraction of sp³-hybridized carbons (Fsp3) is 0.571. The number of esters is 1. The molecule has 0 amide bonds. The van der Waals surface area contributed by atoms with Gasteiger partial charge in [0.15, 0.2) is 0 Å². The van der Waals surface area contributed by atoms with Crippen LogP contribution in [0.15, 0.2) is 12.2 Å². The van der Waals surface area contributed by atoms with E-state index in [9.17, 15) is 4.79 Å². The zero-order valence-corrected chi connectivity index (χ0v) is 6.26. The van der Waals surface area contributed by atoms with Crippen LogP contribution in [0.3, 0.4) is 0 Å². The summed E-state index contributed by atoms with van der Waals surface area (Å²) in [6.45, 7) is 6.52. The molecule has 10 heavy (non-hydrogen) atoms. The van der Waals surface area contributed by atoms with Crippen LogP contribution >= 0.6 is 0 Å². The van der Waals surface area contributed by atoms with E-state index in [1.54, 1.807) is 13.8 Å². The summed E-state index contributed by atoms with van der Waals surface area (Å²) in [5.41, 5.74) is 0.348. The maximum Gasteiger partial charge on any atom is 0.333 e. The van der Waals surface area contributed by atoms with Gasteiger partial charge in [-0.25, -0.2) is 4.79 Å². The monoisotopic (exact) mass is 144 g/mol. The molecule has 0 saturated heterocycles. The number of carbonyl (C=O) groups excluding carboxylic acids is 1. The summed E-state index contributed by atoms with van der Waals surface area (Å²) in [6.07, 6.45) is -0.608. The maximum absolute atomic E-state index is 10.6. The van der Waals surface area contributed by atoms with Gasteiger partial charge in [-0.05, 0) is 13.8 Å². The van der Waals surface area contributed by atoms with Crippen molar-refractivity contribution >= 4 is 5.97 Å². The first-order chi connectivity index (χ1) is 4.54. The lowest BCUT2D eigenvalue weighted by Crippen LogP contribution is -2.15. The Kier molecular flexibility index (Phi) is 3.72. The highest BCUT2D eigenvalue weighted by Crippen LogP contribution is 1.92. The van der Waals surface area contributed by atoms with E-state index in [-0.39, 0.29) is 6.61 Å². The van der Waals surface area contributed by atoms with Crippen molar-refractivity contribution in [1.82, 2.24) is 0 Å². The van der Waals surface area contributed by atoms with Crippen LogP contribution < -0.4 is 0 Å². The second-order valence-corrected chi connectivity index (χ2v) is 2.23. The normalized spacial score (nSPS) is 12.3. The molecule has 58 valence electrons. The molecule has 0 aromatic carbocycles. The molecule has 0 rings (SSSR count). The molecule has 0 unspecified atom stereocenters. The van der Waals surface area contributed by atoms with E-state index >= 15 is 0 Å². The number of hydrogen-bond acceptors (Lipinski definition) is 3. The van der Waals surface area contributed by atoms with Gasteiger partial charge in [-0.2, -0.15) is 0 Å². The van der Waals surface area contributed by atoms with Crippen molar-refractivity contribution in [3.05, 3.63) is 12.2 Å². The number of rotatable bonds is 3. The summed E-state index contributed by atoms with van der Waals surface area (Å²) in [6, 6.07) is 0. The van der Waals surface area contributed by atoms with Gasteiger partial charge in [-0.3, -0.25) is 0 Å². The van der Waals surface area contributed by atoms with Gasteiger partial charge in [-0.1, -0.05) is 6.58 Å². The van der Waals surface area contributed by atoms with Crippen molar-refractivity contribution in [3.63, 3.8) is 0 Å². The van der Waals surface area contributed by atoms with Crippen LogP contribution in [0.2, 0.25) is 0 Å². The Hall–Kier alpha value is -0.830. The highest BCUT2D eigenvalue weighted by Gasteiger charge is 2.03. The van der Waals surface area contributed by atoms with Crippen LogP contribution in [-0.2, 0) is 9.53 Å². The topological polar surface area (TPSA) is 46.5 Å². The van der Waals surface area contributed by atoms with Gasteiger partial charge in [0.25, 0.3) is 0 Å². The van der Waals surface area contributed by atoms with Gasteiger partial charge in [0, 0.05) is 5.57 Å². The molecule has 0 aromatic rings. The SMILES string of the molecule is C=C(C)C(=O)OC[C@H](C)O. The van der Waals surface area contributed by atoms with Crippen LogP contribution in [0, 0.1) is 0 Å². The molecule has 0 spiro atoms. The van der Waals surface area contributed by atoms with Gasteiger partial charge in [0.1, 0.15) is 6.61 Å². The van der Waals surface area contributed by atoms with Crippen molar-refractivity contribution in [3.8, 4) is 0 Å². The molecule has 0 saturated carbocycles. The highest BCUT2D eigenvalue weighted by atomic mass is 16.5. The van der Waals surface area contributed by atoms with E-state index in [0.29, 0.717) is 5.57 Å². The molecule has 3 heteroatoms. The smallest absolute Gasteiger partial charge is 0.333 e. The van der Waals surface area contributed by atoms with E-state index in [1.807, 2.05) is 0 Å². The molecular formula is C7H12O3. The average molecular weight is 144 g/mol. The van der Waals surface area contributed by atoms with Gasteiger partial charge in [-0.15, -0.1) is 0 Å². The zero-order valence-electron chi connectivity index (χ0n) is 6.26. The predicted molar refractivity (Wildman–Crippen MR) is 37.5 cm³/mol. The van der Waals surface area contributed by atoms with Gasteiger partial charge >= 0.3 is 5.97 Å². The number of carbonyl (C=O) groups is 1. The molecule has 0 aliphatic heterocycles. The third-order valence-electron chi connectivity index (χ3n) is 0.804. The Labute approximate surface area is 60.3 Å². The number of aliphatic hydroxyl groups excluding tert-OH is 1. The molecule has 0 heterocycles. The van der Waals surface area contributed by atoms with Gasteiger partial charge in [0.2, 0.25) is 0 Å².